The van der Waals surface area contributed by atoms with Crippen LogP contribution in [0.4, 0.5) is 11.4 Å². The van der Waals surface area contributed by atoms with Gasteiger partial charge in [-0.25, -0.2) is 0 Å². The number of anilines is 2. The number of rotatable bonds is 10. The smallest absolute Gasteiger partial charge is 0.251 e. The molecule has 2 amide bonds. The molecule has 7 nitrogen and oxygen atoms in total. The Morgan fingerprint density at radius 3 is 2.48 bits per heavy atom. The zero-order valence-corrected chi connectivity index (χ0v) is 20.0. The predicted molar refractivity (Wildman–Crippen MR) is 133 cm³/mol. The summed E-state index contributed by atoms with van der Waals surface area (Å²) in [6.07, 6.45) is 0.448. The molecule has 2 N–H and O–H groups in total. The number of nitrogens with one attached hydrogen (secondary N) is 2. The van der Waals surface area contributed by atoms with Crippen molar-refractivity contribution in [1.29, 1.82) is 0 Å². The van der Waals surface area contributed by atoms with Gasteiger partial charge in [-0.1, -0.05) is 12.1 Å². The van der Waals surface area contributed by atoms with Crippen molar-refractivity contribution in [2.75, 3.05) is 49.6 Å². The second-order valence-electron chi connectivity index (χ2n) is 8.56. The number of ether oxygens (including phenoxy) is 1. The number of carbonyl (C=O) groups is 2. The van der Waals surface area contributed by atoms with Crippen LogP contribution in [0.2, 0.25) is 0 Å². The number of morpholine rings is 1. The Bertz CT molecular complexity index is 908. The maximum Gasteiger partial charge on any atom is 0.251 e. The fourth-order valence-electron chi connectivity index (χ4n) is 4.00. The van der Waals surface area contributed by atoms with Crippen molar-refractivity contribution >= 4 is 23.2 Å². The average molecular weight is 453 g/mol. The van der Waals surface area contributed by atoms with Gasteiger partial charge in [-0.15, -0.1) is 0 Å². The number of benzene rings is 2. The lowest BCUT2D eigenvalue weighted by Crippen LogP contribution is -2.38. The van der Waals surface area contributed by atoms with Crippen molar-refractivity contribution < 1.29 is 14.3 Å². The maximum absolute atomic E-state index is 12.6. The first-order chi connectivity index (χ1) is 16.0. The zero-order chi connectivity index (χ0) is 23.6. The van der Waals surface area contributed by atoms with Crippen LogP contribution in [0.5, 0.6) is 0 Å². The molecule has 1 aliphatic heterocycles. The van der Waals surface area contributed by atoms with E-state index in [4.69, 9.17) is 4.74 Å². The molecule has 33 heavy (non-hydrogen) atoms. The van der Waals surface area contributed by atoms with Gasteiger partial charge >= 0.3 is 0 Å². The van der Waals surface area contributed by atoms with E-state index in [9.17, 15) is 9.59 Å². The number of amides is 2. The lowest BCUT2D eigenvalue weighted by molar-refractivity contribution is -0.116. The lowest BCUT2D eigenvalue weighted by atomic mass is 10.1. The summed E-state index contributed by atoms with van der Waals surface area (Å²) in [5.41, 5.74) is 3.42. The van der Waals surface area contributed by atoms with Gasteiger partial charge in [0, 0.05) is 62.1 Å². The Balaban J connectivity index is 1.48. The molecule has 178 valence electrons. The SMILES string of the molecule is CCN(c1ccc(C(=O)NCc2cccc(NC(=O)CCN3CCOCC3)c2)cc1)C(C)C. The highest BCUT2D eigenvalue weighted by Gasteiger charge is 2.13. The summed E-state index contributed by atoms with van der Waals surface area (Å²) in [6, 6.07) is 15.7. The van der Waals surface area contributed by atoms with Crippen molar-refractivity contribution in [2.45, 2.75) is 39.8 Å². The number of nitrogens with zero attached hydrogens (tertiary/aromatic N) is 2. The first-order valence-corrected chi connectivity index (χ1v) is 11.8. The van der Waals surface area contributed by atoms with Crippen LogP contribution in [-0.2, 0) is 16.1 Å². The standard InChI is InChI=1S/C26H36N4O3/c1-4-30(20(2)3)24-10-8-22(9-11-24)26(32)27-19-21-6-5-7-23(18-21)28-25(31)12-13-29-14-16-33-17-15-29/h5-11,18,20H,4,12-17,19H2,1-3H3,(H,27,32)(H,28,31). The molecule has 0 aromatic heterocycles. The van der Waals surface area contributed by atoms with Crippen LogP contribution in [-0.4, -0.2) is 62.1 Å². The van der Waals surface area contributed by atoms with Crippen molar-refractivity contribution in [3.8, 4) is 0 Å². The molecule has 7 heteroatoms. The molecule has 1 fully saturated rings. The van der Waals surface area contributed by atoms with Crippen LogP contribution in [0.1, 0.15) is 43.1 Å². The monoisotopic (exact) mass is 452 g/mol. The molecule has 0 unspecified atom stereocenters. The van der Waals surface area contributed by atoms with Gasteiger partial charge in [0.25, 0.3) is 5.91 Å². The second kappa shape index (κ2) is 12.4. The second-order valence-corrected chi connectivity index (χ2v) is 8.56. The Hall–Kier alpha value is -2.90. The summed E-state index contributed by atoms with van der Waals surface area (Å²) in [5.74, 6) is -0.126. The molecule has 1 saturated heterocycles. The Morgan fingerprint density at radius 2 is 1.82 bits per heavy atom. The van der Waals surface area contributed by atoms with Crippen LogP contribution >= 0.6 is 0 Å². The van der Waals surface area contributed by atoms with E-state index in [1.54, 1.807) is 0 Å². The quantitative estimate of drug-likeness (QED) is 0.577. The third-order valence-corrected chi connectivity index (χ3v) is 5.85. The highest BCUT2D eigenvalue weighted by atomic mass is 16.5. The van der Waals surface area contributed by atoms with Crippen molar-refractivity contribution in [3.63, 3.8) is 0 Å². The van der Waals surface area contributed by atoms with Gasteiger partial charge in [0.05, 0.1) is 13.2 Å². The highest BCUT2D eigenvalue weighted by molar-refractivity contribution is 5.94. The molecular formula is C26H36N4O3. The molecule has 2 aromatic rings. The largest absolute Gasteiger partial charge is 0.379 e. The van der Waals surface area contributed by atoms with E-state index in [1.165, 1.54) is 0 Å². The van der Waals surface area contributed by atoms with Gasteiger partial charge in [-0.2, -0.15) is 0 Å². The van der Waals surface area contributed by atoms with E-state index in [0.29, 0.717) is 24.6 Å². The minimum atomic E-state index is -0.117. The van der Waals surface area contributed by atoms with E-state index >= 15 is 0 Å². The zero-order valence-electron chi connectivity index (χ0n) is 20.0. The van der Waals surface area contributed by atoms with E-state index in [2.05, 4.69) is 41.2 Å². The van der Waals surface area contributed by atoms with Gasteiger partial charge < -0.3 is 20.3 Å². The molecule has 0 bridgehead atoms. The predicted octanol–water partition coefficient (Wildman–Crippen LogP) is 3.51. The number of hydrogen-bond donors (Lipinski definition) is 2. The van der Waals surface area contributed by atoms with Crippen molar-refractivity contribution in [3.05, 3.63) is 59.7 Å². The molecule has 0 saturated carbocycles. The Kier molecular flexibility index (Phi) is 9.27. The molecule has 0 atom stereocenters. The van der Waals surface area contributed by atoms with Gasteiger partial charge in [0.15, 0.2) is 0 Å². The van der Waals surface area contributed by atoms with Crippen LogP contribution in [0.15, 0.2) is 48.5 Å². The van der Waals surface area contributed by atoms with Gasteiger partial charge in [0.1, 0.15) is 0 Å². The highest BCUT2D eigenvalue weighted by Crippen LogP contribution is 2.18. The summed E-state index contributed by atoms with van der Waals surface area (Å²) in [5, 5.41) is 5.92. The van der Waals surface area contributed by atoms with Crippen LogP contribution in [0.3, 0.4) is 0 Å². The molecular weight excluding hydrogens is 416 g/mol. The maximum atomic E-state index is 12.6. The van der Waals surface area contributed by atoms with E-state index in [-0.39, 0.29) is 11.8 Å². The van der Waals surface area contributed by atoms with Crippen LogP contribution in [0, 0.1) is 0 Å². The minimum absolute atomic E-state index is 0.00899. The molecule has 1 aliphatic rings. The fourth-order valence-corrected chi connectivity index (χ4v) is 4.00. The number of hydrogen-bond acceptors (Lipinski definition) is 5. The topological polar surface area (TPSA) is 73.9 Å². The van der Waals surface area contributed by atoms with Gasteiger partial charge in [-0.3, -0.25) is 14.5 Å². The van der Waals surface area contributed by atoms with E-state index < -0.39 is 0 Å². The van der Waals surface area contributed by atoms with Gasteiger partial charge in [0.2, 0.25) is 5.91 Å². The molecule has 0 aliphatic carbocycles. The van der Waals surface area contributed by atoms with Crippen molar-refractivity contribution in [1.82, 2.24) is 10.2 Å². The summed E-state index contributed by atoms with van der Waals surface area (Å²) in [7, 11) is 0. The summed E-state index contributed by atoms with van der Waals surface area (Å²) < 4.78 is 5.34. The minimum Gasteiger partial charge on any atom is -0.379 e. The van der Waals surface area contributed by atoms with E-state index in [1.807, 2.05) is 48.5 Å². The average Bonchev–Trinajstić information content (AvgIpc) is 2.83. The van der Waals surface area contributed by atoms with Crippen molar-refractivity contribution in [2.24, 2.45) is 0 Å². The molecule has 2 aromatic carbocycles. The molecule has 1 heterocycles. The van der Waals surface area contributed by atoms with E-state index in [0.717, 1.165) is 56.3 Å². The van der Waals surface area contributed by atoms with Gasteiger partial charge in [-0.05, 0) is 62.7 Å². The number of carbonyl (C=O) groups excluding carboxylic acids is 2. The molecule has 0 spiro atoms. The fraction of sp³-hybridized carbons (Fsp3) is 0.462. The Morgan fingerprint density at radius 1 is 1.09 bits per heavy atom. The van der Waals surface area contributed by atoms with Crippen LogP contribution in [0.25, 0.3) is 0 Å². The first-order valence-electron chi connectivity index (χ1n) is 11.8. The lowest BCUT2D eigenvalue weighted by Gasteiger charge is -2.27. The molecule has 0 radical (unpaired) electrons. The molecule has 3 rings (SSSR count). The third-order valence-electron chi connectivity index (χ3n) is 5.85. The first kappa shape index (κ1) is 24.7. The summed E-state index contributed by atoms with van der Waals surface area (Å²) >= 11 is 0. The summed E-state index contributed by atoms with van der Waals surface area (Å²) in [6.45, 7) is 11.7. The van der Waals surface area contributed by atoms with Crippen LogP contribution < -0.4 is 15.5 Å². The normalized spacial score (nSPS) is 14.2. The third kappa shape index (κ3) is 7.58. The Labute approximate surface area is 197 Å². The summed E-state index contributed by atoms with van der Waals surface area (Å²) in [4.78, 5) is 29.4.